The Labute approximate surface area is 90.9 Å². The highest BCUT2D eigenvalue weighted by molar-refractivity contribution is 5.60. The number of aliphatic carboxylic acids is 1. The summed E-state index contributed by atoms with van der Waals surface area (Å²) in [5.74, 6) is -1.08. The van der Waals surface area contributed by atoms with Crippen molar-refractivity contribution in [1.29, 1.82) is 0 Å². The van der Waals surface area contributed by atoms with E-state index in [1.165, 1.54) is 0 Å². The molecule has 1 aliphatic heterocycles. The minimum atomic E-state index is -1.08. The van der Waals surface area contributed by atoms with Gasteiger partial charge >= 0.3 is 0 Å². The number of carbonyl (C=O) groups excluding carboxylic acids is 1. The molecule has 15 heavy (non-hydrogen) atoms. The summed E-state index contributed by atoms with van der Waals surface area (Å²) in [6.45, 7) is 6.32. The number of hydrogen-bond donors (Lipinski definition) is 1. The van der Waals surface area contributed by atoms with E-state index in [1.54, 1.807) is 0 Å². The van der Waals surface area contributed by atoms with Crippen LogP contribution in [0.5, 0.6) is 0 Å². The maximum Gasteiger partial charge on any atom is 0.102 e. The first-order valence-corrected chi connectivity index (χ1v) is 5.20. The summed E-state index contributed by atoms with van der Waals surface area (Å²) in [5, 5.41) is 17.6. The van der Waals surface area contributed by atoms with E-state index in [0.717, 1.165) is 50.7 Å². The van der Waals surface area contributed by atoms with Gasteiger partial charge in [-0.1, -0.05) is 0 Å². The van der Waals surface area contributed by atoms with Crippen LogP contribution < -0.4 is 5.11 Å². The Balaban J connectivity index is 0.000000423. The predicted molar refractivity (Wildman–Crippen MR) is 54.0 cm³/mol. The second-order valence-electron chi connectivity index (χ2n) is 3.97. The second-order valence-corrected chi connectivity index (χ2v) is 3.97. The van der Waals surface area contributed by atoms with Gasteiger partial charge in [0.2, 0.25) is 0 Å². The van der Waals surface area contributed by atoms with E-state index in [4.69, 9.17) is 19.7 Å². The maximum atomic E-state index is 8.89. The number of likely N-dealkylation sites (N-methyl/N-ethyl adjacent to an activating group) is 1. The summed E-state index contributed by atoms with van der Waals surface area (Å²) in [6, 6.07) is 0. The molecule has 0 bridgehead atoms. The molecule has 0 aliphatic carbocycles. The van der Waals surface area contributed by atoms with Gasteiger partial charge in [-0.05, 0) is 6.92 Å². The third-order valence-electron chi connectivity index (χ3n) is 2.41. The molecule has 90 valence electrons. The van der Waals surface area contributed by atoms with Crippen molar-refractivity contribution in [3.8, 4) is 0 Å². The van der Waals surface area contributed by atoms with Crippen LogP contribution in [0, 0.1) is 0 Å². The van der Waals surface area contributed by atoms with E-state index < -0.39 is 5.97 Å². The van der Waals surface area contributed by atoms with Crippen molar-refractivity contribution in [1.82, 2.24) is 0 Å². The summed E-state index contributed by atoms with van der Waals surface area (Å²) in [7, 11) is 2.23. The molecule has 0 unspecified atom stereocenters. The van der Waals surface area contributed by atoms with Crippen LogP contribution in [0.2, 0.25) is 0 Å². The van der Waals surface area contributed by atoms with Crippen LogP contribution in [0.1, 0.15) is 13.3 Å². The number of carboxylic acid groups (broad SMARTS) is 1. The van der Waals surface area contributed by atoms with Gasteiger partial charge in [0.1, 0.15) is 13.1 Å². The number of carboxylic acids is 1. The number of ether oxygens (including phenoxy) is 1. The number of aliphatic hydroxyl groups is 1. The van der Waals surface area contributed by atoms with Gasteiger partial charge < -0.3 is 24.2 Å². The van der Waals surface area contributed by atoms with Crippen molar-refractivity contribution in [3.05, 3.63) is 0 Å². The van der Waals surface area contributed by atoms with Crippen molar-refractivity contribution in [3.63, 3.8) is 0 Å². The van der Waals surface area contributed by atoms with Crippen LogP contribution in [-0.2, 0) is 9.53 Å². The molecule has 1 rings (SSSR count). The van der Waals surface area contributed by atoms with Gasteiger partial charge in [0.15, 0.2) is 0 Å². The fraction of sp³-hybridized carbons (Fsp3) is 0.900. The van der Waals surface area contributed by atoms with Crippen LogP contribution in [0.25, 0.3) is 0 Å². The molecule has 0 aromatic carbocycles. The zero-order valence-corrected chi connectivity index (χ0v) is 9.57. The molecular formula is C10H21NO4. The van der Waals surface area contributed by atoms with Crippen molar-refractivity contribution in [2.75, 3.05) is 46.5 Å². The lowest BCUT2D eigenvalue weighted by atomic mass is 10.3. The van der Waals surface area contributed by atoms with Crippen molar-refractivity contribution in [2.24, 2.45) is 0 Å². The molecule has 1 fully saturated rings. The van der Waals surface area contributed by atoms with Gasteiger partial charge in [-0.15, -0.1) is 0 Å². The normalized spacial score (nSPS) is 18.9. The van der Waals surface area contributed by atoms with Crippen molar-refractivity contribution in [2.45, 2.75) is 13.3 Å². The molecule has 0 aromatic heterocycles. The van der Waals surface area contributed by atoms with E-state index in [0.29, 0.717) is 6.61 Å². The number of carbonyl (C=O) groups is 1. The van der Waals surface area contributed by atoms with Gasteiger partial charge in [0.25, 0.3) is 0 Å². The molecule has 0 saturated carbocycles. The highest BCUT2D eigenvalue weighted by Crippen LogP contribution is 2.07. The third-order valence-corrected chi connectivity index (χ3v) is 2.41. The van der Waals surface area contributed by atoms with Crippen LogP contribution in [0.4, 0.5) is 0 Å². The summed E-state index contributed by atoms with van der Waals surface area (Å²) >= 11 is 0. The van der Waals surface area contributed by atoms with E-state index in [-0.39, 0.29) is 0 Å². The average molecular weight is 219 g/mol. The number of nitrogens with zero attached hydrogens (tertiary/aromatic N) is 1. The molecule has 0 aromatic rings. The highest BCUT2D eigenvalue weighted by Gasteiger charge is 2.23. The van der Waals surface area contributed by atoms with Crippen LogP contribution in [0.15, 0.2) is 0 Å². The fourth-order valence-electron chi connectivity index (χ4n) is 1.46. The molecule has 1 N–H and O–H groups in total. The van der Waals surface area contributed by atoms with Crippen LogP contribution in [-0.4, -0.2) is 62.1 Å². The monoisotopic (exact) mass is 219 g/mol. The molecule has 5 nitrogen and oxygen atoms in total. The zero-order chi connectivity index (χ0) is 11.7. The smallest absolute Gasteiger partial charge is 0.102 e. The molecule has 0 radical (unpaired) electrons. The lowest BCUT2D eigenvalue weighted by molar-refractivity contribution is -0.917. The van der Waals surface area contributed by atoms with Crippen LogP contribution in [0.3, 0.4) is 0 Å². The number of rotatable bonds is 3. The molecule has 5 heteroatoms. The summed E-state index contributed by atoms with van der Waals surface area (Å²) < 4.78 is 6.34. The van der Waals surface area contributed by atoms with Gasteiger partial charge in [-0.2, -0.15) is 0 Å². The number of morpholine rings is 1. The minimum absolute atomic E-state index is 0.314. The first-order valence-electron chi connectivity index (χ1n) is 5.20. The average Bonchev–Trinajstić information content (AvgIpc) is 2.15. The standard InChI is InChI=1S/C8H18NO2.C2H4O2/c1-9(3-2-6-10)4-7-11-8-5-9;1-2(3)4/h10H,2-8H2,1H3;1H3,(H,3,4)/q+1;/p-1. The molecule has 0 spiro atoms. The third kappa shape index (κ3) is 8.35. The van der Waals surface area contributed by atoms with Gasteiger partial charge in [-0.25, -0.2) is 0 Å². The first kappa shape index (κ1) is 14.3. The lowest BCUT2D eigenvalue weighted by Gasteiger charge is -2.37. The van der Waals surface area contributed by atoms with Crippen LogP contribution >= 0.6 is 0 Å². The highest BCUT2D eigenvalue weighted by atomic mass is 16.5. The van der Waals surface area contributed by atoms with E-state index in [9.17, 15) is 0 Å². The van der Waals surface area contributed by atoms with E-state index in [2.05, 4.69) is 7.05 Å². The Kier molecular flexibility index (Phi) is 7.29. The first-order chi connectivity index (χ1) is 7.00. The second kappa shape index (κ2) is 7.62. The Morgan fingerprint density at radius 1 is 1.47 bits per heavy atom. The molecule has 1 heterocycles. The van der Waals surface area contributed by atoms with Gasteiger partial charge in [0.05, 0.1) is 26.8 Å². The minimum Gasteiger partial charge on any atom is -0.550 e. The maximum absolute atomic E-state index is 8.89. The summed E-state index contributed by atoms with van der Waals surface area (Å²) in [5.41, 5.74) is 0. The SMILES string of the molecule is CC(=O)[O-].C[N+]1(CCCO)CCOCC1. The van der Waals surface area contributed by atoms with Crippen molar-refractivity contribution >= 4 is 5.97 Å². The molecular weight excluding hydrogens is 198 g/mol. The summed E-state index contributed by atoms with van der Waals surface area (Å²) in [4.78, 5) is 8.89. The number of aliphatic hydroxyl groups excluding tert-OH is 1. The zero-order valence-electron chi connectivity index (χ0n) is 9.57. The Hall–Kier alpha value is -0.650. The van der Waals surface area contributed by atoms with Gasteiger partial charge in [-0.3, -0.25) is 0 Å². The van der Waals surface area contributed by atoms with E-state index >= 15 is 0 Å². The quantitative estimate of drug-likeness (QED) is 0.593. The van der Waals surface area contributed by atoms with Crippen molar-refractivity contribution < 1.29 is 24.2 Å². The Morgan fingerprint density at radius 2 is 1.93 bits per heavy atom. The molecule has 0 amide bonds. The van der Waals surface area contributed by atoms with Gasteiger partial charge in [0, 0.05) is 19.0 Å². The Bertz CT molecular complexity index is 174. The van der Waals surface area contributed by atoms with E-state index in [1.807, 2.05) is 0 Å². The predicted octanol–water partition coefficient (Wildman–Crippen LogP) is -1.40. The Morgan fingerprint density at radius 3 is 2.33 bits per heavy atom. The topological polar surface area (TPSA) is 69.6 Å². The number of quaternary nitrogens is 1. The number of hydrogen-bond acceptors (Lipinski definition) is 4. The fourth-order valence-corrected chi connectivity index (χ4v) is 1.46. The lowest BCUT2D eigenvalue weighted by Crippen LogP contribution is -2.52. The summed E-state index contributed by atoms with van der Waals surface area (Å²) in [6.07, 6.45) is 0.913. The largest absolute Gasteiger partial charge is 0.550 e. The molecule has 1 aliphatic rings. The molecule has 0 atom stereocenters. The molecule has 1 saturated heterocycles.